The van der Waals surface area contributed by atoms with Crippen LogP contribution < -0.4 is 11.1 Å². The van der Waals surface area contributed by atoms with E-state index in [-0.39, 0.29) is 17.7 Å². The van der Waals surface area contributed by atoms with Crippen molar-refractivity contribution in [2.45, 2.75) is 13.5 Å². The molecular formula is C21H19F2N3O2. The first-order valence-electron chi connectivity index (χ1n) is 8.53. The summed E-state index contributed by atoms with van der Waals surface area (Å²) in [6.45, 7) is 2.02. The number of halogens is 2. The van der Waals surface area contributed by atoms with E-state index in [9.17, 15) is 13.6 Å². The van der Waals surface area contributed by atoms with Crippen LogP contribution in [-0.4, -0.2) is 18.1 Å². The molecule has 3 aromatic rings. The van der Waals surface area contributed by atoms with Crippen molar-refractivity contribution < 1.29 is 18.3 Å². The van der Waals surface area contributed by atoms with Crippen molar-refractivity contribution in [1.82, 2.24) is 4.98 Å². The molecular weight excluding hydrogens is 364 g/mol. The first-order valence-corrected chi connectivity index (χ1v) is 8.53. The van der Waals surface area contributed by atoms with Gasteiger partial charge in [-0.25, -0.2) is 18.6 Å². The molecule has 28 heavy (non-hydrogen) atoms. The third-order valence-electron chi connectivity index (χ3n) is 4.42. The van der Waals surface area contributed by atoms with Crippen LogP contribution in [0.15, 0.2) is 48.7 Å². The number of hydrogen-bond acceptors (Lipinski definition) is 5. The highest BCUT2D eigenvalue weighted by molar-refractivity contribution is 5.97. The average Bonchev–Trinajstić information content (AvgIpc) is 2.69. The minimum atomic E-state index is -0.819. The molecule has 0 radical (unpaired) electrons. The number of carbonyl (C=O) groups is 1. The highest BCUT2D eigenvalue weighted by atomic mass is 19.1. The van der Waals surface area contributed by atoms with Gasteiger partial charge in [0.15, 0.2) is 0 Å². The first kappa shape index (κ1) is 19.3. The van der Waals surface area contributed by atoms with Crippen LogP contribution in [0.1, 0.15) is 21.5 Å². The van der Waals surface area contributed by atoms with Crippen LogP contribution in [0.2, 0.25) is 0 Å². The van der Waals surface area contributed by atoms with E-state index in [4.69, 9.17) is 5.73 Å². The molecule has 0 bridgehead atoms. The molecule has 0 aliphatic carbocycles. The van der Waals surface area contributed by atoms with Gasteiger partial charge in [0.25, 0.3) is 0 Å². The fourth-order valence-corrected chi connectivity index (χ4v) is 2.82. The third-order valence-corrected chi connectivity index (χ3v) is 4.42. The van der Waals surface area contributed by atoms with E-state index in [0.29, 0.717) is 22.6 Å². The normalized spacial score (nSPS) is 10.6. The second-order valence-electron chi connectivity index (χ2n) is 6.20. The average molecular weight is 383 g/mol. The molecule has 2 aromatic carbocycles. The second-order valence-corrected chi connectivity index (χ2v) is 6.20. The Morgan fingerprint density at radius 1 is 1.18 bits per heavy atom. The Morgan fingerprint density at radius 3 is 2.68 bits per heavy atom. The lowest BCUT2D eigenvalue weighted by molar-refractivity contribution is 0.0596. The van der Waals surface area contributed by atoms with Crippen molar-refractivity contribution >= 4 is 17.5 Å². The summed E-state index contributed by atoms with van der Waals surface area (Å²) in [4.78, 5) is 16.1. The van der Waals surface area contributed by atoms with Gasteiger partial charge in [0.2, 0.25) is 0 Å². The number of nitrogens with two attached hydrogens (primary N) is 1. The monoisotopic (exact) mass is 383 g/mol. The van der Waals surface area contributed by atoms with Crippen LogP contribution in [0.25, 0.3) is 11.1 Å². The van der Waals surface area contributed by atoms with E-state index in [2.05, 4.69) is 15.0 Å². The number of ether oxygens (including phenoxy) is 1. The predicted molar refractivity (Wildman–Crippen MR) is 104 cm³/mol. The topological polar surface area (TPSA) is 77.2 Å². The first-order chi connectivity index (χ1) is 13.4. The van der Waals surface area contributed by atoms with E-state index in [1.807, 2.05) is 6.92 Å². The van der Waals surface area contributed by atoms with Gasteiger partial charge in [0.1, 0.15) is 23.0 Å². The molecule has 3 N–H and O–H groups in total. The summed E-state index contributed by atoms with van der Waals surface area (Å²) >= 11 is 0. The van der Waals surface area contributed by atoms with Crippen molar-refractivity contribution in [2.24, 2.45) is 0 Å². The lowest BCUT2D eigenvalue weighted by Gasteiger charge is -2.12. The summed E-state index contributed by atoms with van der Waals surface area (Å²) in [5.41, 5.74) is 8.11. The number of hydrogen-bond donors (Lipinski definition) is 2. The van der Waals surface area contributed by atoms with Gasteiger partial charge in [0.05, 0.1) is 12.8 Å². The third kappa shape index (κ3) is 3.78. The Bertz CT molecular complexity index is 1040. The molecule has 3 rings (SSSR count). The quantitative estimate of drug-likeness (QED) is 0.642. The molecule has 0 atom stereocenters. The lowest BCUT2D eigenvalue weighted by atomic mass is 9.98. The lowest BCUT2D eigenvalue weighted by Crippen LogP contribution is -2.08. The van der Waals surface area contributed by atoms with Crippen LogP contribution in [0.3, 0.4) is 0 Å². The van der Waals surface area contributed by atoms with Crippen LogP contribution >= 0.6 is 0 Å². The largest absolute Gasteiger partial charge is 0.465 e. The fourth-order valence-electron chi connectivity index (χ4n) is 2.82. The molecule has 0 saturated heterocycles. The molecule has 1 heterocycles. The molecule has 0 fully saturated rings. The molecule has 7 heteroatoms. The Hall–Kier alpha value is -3.48. The summed E-state index contributed by atoms with van der Waals surface area (Å²) in [7, 11) is 1.17. The number of pyridine rings is 1. The summed E-state index contributed by atoms with van der Waals surface area (Å²) in [6, 6.07) is 10.4. The number of nitrogen functional groups attached to an aromatic ring is 1. The van der Waals surface area contributed by atoms with Crippen molar-refractivity contribution in [3.05, 3.63) is 77.0 Å². The summed E-state index contributed by atoms with van der Waals surface area (Å²) < 4.78 is 33.4. The number of nitrogens with one attached hydrogen (secondary N) is 1. The van der Waals surface area contributed by atoms with Crippen LogP contribution in [0, 0.1) is 18.6 Å². The van der Waals surface area contributed by atoms with Gasteiger partial charge < -0.3 is 15.8 Å². The van der Waals surface area contributed by atoms with Crippen LogP contribution in [0.5, 0.6) is 0 Å². The minimum Gasteiger partial charge on any atom is -0.465 e. The molecule has 0 amide bonds. The second kappa shape index (κ2) is 8.04. The van der Waals surface area contributed by atoms with Gasteiger partial charge in [-0.1, -0.05) is 24.3 Å². The van der Waals surface area contributed by atoms with Crippen LogP contribution in [0.4, 0.5) is 20.3 Å². The summed E-state index contributed by atoms with van der Waals surface area (Å²) in [6.07, 6.45) is 1.62. The zero-order valence-electron chi connectivity index (χ0n) is 15.4. The van der Waals surface area contributed by atoms with Crippen molar-refractivity contribution in [3.8, 4) is 11.1 Å². The number of anilines is 2. The molecule has 0 unspecified atom stereocenters. The van der Waals surface area contributed by atoms with Gasteiger partial charge in [-0.15, -0.1) is 0 Å². The van der Waals surface area contributed by atoms with Gasteiger partial charge in [0, 0.05) is 18.3 Å². The van der Waals surface area contributed by atoms with E-state index in [1.165, 1.54) is 19.2 Å². The molecule has 0 saturated carbocycles. The maximum Gasteiger partial charge on any atom is 0.341 e. The highest BCUT2D eigenvalue weighted by Gasteiger charge is 2.19. The fraction of sp³-hybridized carbons (Fsp3) is 0.143. The molecule has 1 aromatic heterocycles. The minimum absolute atomic E-state index is 0.166. The Morgan fingerprint density at radius 2 is 1.96 bits per heavy atom. The smallest absolute Gasteiger partial charge is 0.341 e. The number of methoxy groups -OCH3 is 1. The van der Waals surface area contributed by atoms with Gasteiger partial charge in [-0.05, 0) is 41.8 Å². The number of benzene rings is 2. The number of esters is 1. The Labute approximate surface area is 161 Å². The number of aryl methyl sites for hydroxylation is 1. The van der Waals surface area contributed by atoms with Gasteiger partial charge in [-0.3, -0.25) is 0 Å². The number of nitrogens with zero attached hydrogens (tertiary/aromatic N) is 1. The molecule has 0 spiro atoms. The predicted octanol–water partition coefficient (Wildman–Crippen LogP) is 4.32. The van der Waals surface area contributed by atoms with E-state index in [0.717, 1.165) is 11.6 Å². The maximum atomic E-state index is 14.6. The standard InChI is InChI=1S/C21H19F2N3O2/c1-12-8-9-25-20(19(12)24)26-11-14-7-6-13(10-17(14)23)15-4-3-5-16(22)18(15)21(27)28-2/h3-10H,11,24H2,1-2H3,(H,25,26). The Balaban J connectivity index is 1.89. The molecule has 0 aliphatic rings. The van der Waals surface area contributed by atoms with Gasteiger partial charge in [-0.2, -0.15) is 0 Å². The summed E-state index contributed by atoms with van der Waals surface area (Å²) in [5, 5.41) is 3.01. The van der Waals surface area contributed by atoms with Crippen molar-refractivity contribution in [2.75, 3.05) is 18.2 Å². The molecule has 0 aliphatic heterocycles. The van der Waals surface area contributed by atoms with Crippen LogP contribution in [-0.2, 0) is 11.3 Å². The zero-order valence-corrected chi connectivity index (χ0v) is 15.4. The Kier molecular flexibility index (Phi) is 5.54. The maximum absolute atomic E-state index is 14.6. The SMILES string of the molecule is COC(=O)c1c(F)cccc1-c1ccc(CNc2nccc(C)c2N)c(F)c1. The molecule has 144 valence electrons. The van der Waals surface area contributed by atoms with E-state index >= 15 is 0 Å². The van der Waals surface area contributed by atoms with Crippen molar-refractivity contribution in [1.29, 1.82) is 0 Å². The van der Waals surface area contributed by atoms with Gasteiger partial charge >= 0.3 is 5.97 Å². The summed E-state index contributed by atoms with van der Waals surface area (Å²) in [5.74, 6) is -1.57. The number of rotatable bonds is 5. The van der Waals surface area contributed by atoms with E-state index in [1.54, 1.807) is 30.5 Å². The molecule has 5 nitrogen and oxygen atoms in total. The number of aromatic nitrogens is 1. The van der Waals surface area contributed by atoms with Crippen molar-refractivity contribution in [3.63, 3.8) is 0 Å². The highest BCUT2D eigenvalue weighted by Crippen LogP contribution is 2.28. The van der Waals surface area contributed by atoms with E-state index < -0.39 is 17.6 Å². The number of carbonyl (C=O) groups excluding carboxylic acids is 1. The zero-order chi connectivity index (χ0) is 20.3.